The Kier molecular flexibility index (Phi) is 8.59. The first-order chi connectivity index (χ1) is 10.6. The molecule has 130 valence electrons. The third-order valence-corrected chi connectivity index (χ3v) is 4.65. The van der Waals surface area contributed by atoms with Gasteiger partial charge in [-0.25, -0.2) is 0 Å². The summed E-state index contributed by atoms with van der Waals surface area (Å²) in [7, 11) is 0. The van der Waals surface area contributed by atoms with Crippen LogP contribution in [0, 0.1) is 11.8 Å². The van der Waals surface area contributed by atoms with E-state index in [-0.39, 0.29) is 18.3 Å². The summed E-state index contributed by atoms with van der Waals surface area (Å²) in [6.45, 7) is 6.64. The van der Waals surface area contributed by atoms with Gasteiger partial charge in [0.25, 0.3) is 0 Å². The zero-order valence-corrected chi connectivity index (χ0v) is 14.9. The van der Waals surface area contributed by atoms with Crippen LogP contribution < -0.4 is 10.6 Å². The van der Waals surface area contributed by atoms with E-state index in [1.165, 1.54) is 12.8 Å². The van der Waals surface area contributed by atoms with Crippen molar-refractivity contribution < 1.29 is 9.90 Å². The minimum absolute atomic E-state index is 0. The van der Waals surface area contributed by atoms with Crippen LogP contribution in [0.2, 0.25) is 0 Å². The number of carbonyl (C=O) groups is 1. The van der Waals surface area contributed by atoms with Crippen molar-refractivity contribution in [1.29, 1.82) is 0 Å². The molecule has 0 aromatic heterocycles. The fourth-order valence-corrected chi connectivity index (χ4v) is 3.06. The minimum Gasteiger partial charge on any atom is -0.389 e. The van der Waals surface area contributed by atoms with E-state index in [4.69, 9.17) is 0 Å². The van der Waals surface area contributed by atoms with Gasteiger partial charge in [-0.1, -0.05) is 31.2 Å². The van der Waals surface area contributed by atoms with Crippen molar-refractivity contribution in [2.75, 3.05) is 13.1 Å². The molecule has 2 unspecified atom stereocenters. The van der Waals surface area contributed by atoms with Gasteiger partial charge in [0.05, 0.1) is 6.10 Å². The molecule has 4 nitrogen and oxygen atoms in total. The second-order valence-electron chi connectivity index (χ2n) is 6.46. The lowest BCUT2D eigenvalue weighted by Gasteiger charge is -2.27. The normalized spacial score (nSPS) is 17.9. The first-order valence-electron chi connectivity index (χ1n) is 8.30. The molecule has 0 spiro atoms. The van der Waals surface area contributed by atoms with Gasteiger partial charge in [-0.3, -0.25) is 4.79 Å². The van der Waals surface area contributed by atoms with Crippen molar-refractivity contribution in [3.05, 3.63) is 35.4 Å². The van der Waals surface area contributed by atoms with E-state index in [0.717, 1.165) is 24.2 Å². The number of hydrogen-bond donors (Lipinski definition) is 3. The van der Waals surface area contributed by atoms with E-state index in [1.54, 1.807) is 6.92 Å². The Morgan fingerprint density at radius 3 is 2.43 bits per heavy atom. The number of nitrogens with one attached hydrogen (secondary N) is 2. The molecule has 1 aromatic carbocycles. The molecule has 1 aliphatic heterocycles. The molecular weight excluding hydrogens is 312 g/mol. The van der Waals surface area contributed by atoms with E-state index < -0.39 is 6.10 Å². The highest BCUT2D eigenvalue weighted by Gasteiger charge is 2.21. The Bertz CT molecular complexity index is 470. The molecule has 1 aliphatic rings. The number of aliphatic hydroxyl groups excluding tert-OH is 1. The fourth-order valence-electron chi connectivity index (χ4n) is 3.06. The van der Waals surface area contributed by atoms with E-state index in [0.29, 0.717) is 24.8 Å². The number of rotatable bonds is 6. The van der Waals surface area contributed by atoms with Crippen molar-refractivity contribution in [2.45, 2.75) is 45.8 Å². The maximum atomic E-state index is 12.1. The summed E-state index contributed by atoms with van der Waals surface area (Å²) in [6.07, 6.45) is 2.51. The molecule has 1 saturated heterocycles. The van der Waals surface area contributed by atoms with Gasteiger partial charge in [-0.2, -0.15) is 0 Å². The lowest BCUT2D eigenvalue weighted by atomic mass is 9.84. The second kappa shape index (κ2) is 9.91. The van der Waals surface area contributed by atoms with Crippen LogP contribution >= 0.6 is 12.4 Å². The van der Waals surface area contributed by atoms with E-state index >= 15 is 0 Å². The standard InChI is InChI=1S/C18H28N2O2.ClH/c1-13(16-7-9-19-10-8-16)11-18(22)20-12-15-3-5-17(6-4-15)14(2)21;/h3-6,13-14,16,19,21H,7-12H2,1-2H3,(H,20,22);1H. The van der Waals surface area contributed by atoms with Gasteiger partial charge in [-0.05, 0) is 55.8 Å². The van der Waals surface area contributed by atoms with Crippen LogP contribution in [-0.4, -0.2) is 24.1 Å². The Balaban J connectivity index is 0.00000264. The summed E-state index contributed by atoms with van der Waals surface area (Å²) < 4.78 is 0. The molecule has 2 rings (SSSR count). The van der Waals surface area contributed by atoms with Gasteiger partial charge in [0.15, 0.2) is 0 Å². The molecule has 0 saturated carbocycles. The quantitative estimate of drug-likeness (QED) is 0.746. The number of piperidine rings is 1. The predicted molar refractivity (Wildman–Crippen MR) is 95.5 cm³/mol. The van der Waals surface area contributed by atoms with Crippen LogP contribution in [0.5, 0.6) is 0 Å². The van der Waals surface area contributed by atoms with Crippen molar-refractivity contribution in [3.63, 3.8) is 0 Å². The number of carbonyl (C=O) groups excluding carboxylic acids is 1. The van der Waals surface area contributed by atoms with Crippen molar-refractivity contribution in [1.82, 2.24) is 10.6 Å². The molecular formula is C18H29ClN2O2. The Morgan fingerprint density at radius 2 is 1.87 bits per heavy atom. The highest BCUT2D eigenvalue weighted by atomic mass is 35.5. The average molecular weight is 341 g/mol. The molecule has 1 aromatic rings. The predicted octanol–water partition coefficient (Wildman–Crippen LogP) is 2.80. The maximum absolute atomic E-state index is 12.1. The van der Waals surface area contributed by atoms with E-state index in [1.807, 2.05) is 24.3 Å². The van der Waals surface area contributed by atoms with E-state index in [9.17, 15) is 9.90 Å². The molecule has 0 radical (unpaired) electrons. The van der Waals surface area contributed by atoms with E-state index in [2.05, 4.69) is 17.6 Å². The highest BCUT2D eigenvalue weighted by Crippen LogP contribution is 2.24. The van der Waals surface area contributed by atoms with Crippen LogP contribution in [-0.2, 0) is 11.3 Å². The first kappa shape index (κ1) is 19.9. The average Bonchev–Trinajstić information content (AvgIpc) is 2.54. The van der Waals surface area contributed by atoms with Gasteiger partial charge < -0.3 is 15.7 Å². The summed E-state index contributed by atoms with van der Waals surface area (Å²) in [5, 5.41) is 15.8. The van der Waals surface area contributed by atoms with Crippen molar-refractivity contribution in [2.24, 2.45) is 11.8 Å². The van der Waals surface area contributed by atoms with Crippen molar-refractivity contribution in [3.8, 4) is 0 Å². The topological polar surface area (TPSA) is 61.4 Å². The SMILES string of the molecule is CC(O)c1ccc(CNC(=O)CC(C)C2CCNCC2)cc1.Cl. The minimum atomic E-state index is -0.450. The molecule has 1 amide bonds. The molecule has 1 heterocycles. The second-order valence-corrected chi connectivity index (χ2v) is 6.46. The summed E-state index contributed by atoms with van der Waals surface area (Å²) in [5.74, 6) is 1.24. The summed E-state index contributed by atoms with van der Waals surface area (Å²) in [4.78, 5) is 12.1. The number of benzene rings is 1. The number of hydrogen-bond acceptors (Lipinski definition) is 3. The molecule has 3 N–H and O–H groups in total. The molecule has 5 heteroatoms. The number of aliphatic hydroxyl groups is 1. The van der Waals surface area contributed by atoms with Crippen molar-refractivity contribution >= 4 is 18.3 Å². The zero-order valence-electron chi connectivity index (χ0n) is 14.0. The van der Waals surface area contributed by atoms with Gasteiger partial charge >= 0.3 is 0 Å². The van der Waals surface area contributed by atoms with Gasteiger partial charge in [0.1, 0.15) is 0 Å². The van der Waals surface area contributed by atoms with Crippen LogP contribution in [0.4, 0.5) is 0 Å². The van der Waals surface area contributed by atoms with Gasteiger partial charge in [-0.15, -0.1) is 12.4 Å². The number of amides is 1. The molecule has 2 atom stereocenters. The fraction of sp³-hybridized carbons (Fsp3) is 0.611. The monoisotopic (exact) mass is 340 g/mol. The smallest absolute Gasteiger partial charge is 0.220 e. The Hall–Kier alpha value is -1.10. The summed E-state index contributed by atoms with van der Waals surface area (Å²) in [6, 6.07) is 7.73. The third-order valence-electron chi connectivity index (χ3n) is 4.65. The van der Waals surface area contributed by atoms with Crippen LogP contribution in [0.1, 0.15) is 50.3 Å². The molecule has 0 bridgehead atoms. The van der Waals surface area contributed by atoms with Gasteiger partial charge in [0, 0.05) is 13.0 Å². The third kappa shape index (κ3) is 6.50. The van der Waals surface area contributed by atoms with Gasteiger partial charge in [0.2, 0.25) is 5.91 Å². The molecule has 23 heavy (non-hydrogen) atoms. The lowest BCUT2D eigenvalue weighted by Crippen LogP contribution is -2.33. The molecule has 1 fully saturated rings. The Labute approximate surface area is 145 Å². The molecule has 0 aliphatic carbocycles. The number of halogens is 1. The van der Waals surface area contributed by atoms with Crippen LogP contribution in [0.25, 0.3) is 0 Å². The summed E-state index contributed by atoms with van der Waals surface area (Å²) in [5.41, 5.74) is 1.96. The lowest BCUT2D eigenvalue weighted by molar-refractivity contribution is -0.122. The highest BCUT2D eigenvalue weighted by molar-refractivity contribution is 5.85. The van der Waals surface area contributed by atoms with Crippen LogP contribution in [0.3, 0.4) is 0 Å². The largest absolute Gasteiger partial charge is 0.389 e. The summed E-state index contributed by atoms with van der Waals surface area (Å²) >= 11 is 0. The zero-order chi connectivity index (χ0) is 15.9. The first-order valence-corrected chi connectivity index (χ1v) is 8.30. The Morgan fingerprint density at radius 1 is 1.26 bits per heavy atom. The maximum Gasteiger partial charge on any atom is 0.220 e. The van der Waals surface area contributed by atoms with Crippen LogP contribution in [0.15, 0.2) is 24.3 Å².